The zero-order chi connectivity index (χ0) is 13.8. The molecular weight excluding hydrogens is 269 g/mol. The van der Waals surface area contributed by atoms with Crippen molar-refractivity contribution in [2.24, 2.45) is 0 Å². The van der Waals surface area contributed by atoms with Gasteiger partial charge in [0, 0.05) is 0 Å². The Balaban J connectivity index is 2.40. The molecule has 0 aliphatic rings. The first-order chi connectivity index (χ1) is 9.11. The van der Waals surface area contributed by atoms with Crippen LogP contribution in [0.25, 0.3) is 0 Å². The molecule has 1 aromatic carbocycles. The highest BCUT2D eigenvalue weighted by atomic mass is 32.2. The fourth-order valence-corrected chi connectivity index (χ4v) is 1.78. The summed E-state index contributed by atoms with van der Waals surface area (Å²) in [6.45, 7) is 0. The fraction of sp³-hybridized carbons (Fsp3) is 0.0833. The highest BCUT2D eigenvalue weighted by Crippen LogP contribution is 2.23. The van der Waals surface area contributed by atoms with E-state index < -0.39 is 11.8 Å². The van der Waals surface area contributed by atoms with E-state index in [2.05, 4.69) is 15.5 Å². The lowest BCUT2D eigenvalue weighted by molar-refractivity contribution is 0.0697. The Morgan fingerprint density at radius 2 is 2.11 bits per heavy atom. The smallest absolute Gasteiger partial charge is 0.339 e. The number of thioether (sulfide) groups is 1. The molecule has 98 valence electrons. The average Bonchev–Trinajstić information content (AvgIpc) is 2.41. The molecular formula is C12H10FN3O2S. The van der Waals surface area contributed by atoms with Gasteiger partial charge in [-0.3, -0.25) is 0 Å². The third-order valence-corrected chi connectivity index (χ3v) is 2.96. The molecule has 1 heterocycles. The first-order valence-corrected chi connectivity index (χ1v) is 6.51. The number of aromatic nitrogens is 2. The topological polar surface area (TPSA) is 75.1 Å². The molecule has 0 atom stereocenters. The second kappa shape index (κ2) is 5.66. The van der Waals surface area contributed by atoms with E-state index >= 15 is 0 Å². The molecule has 0 fully saturated rings. The van der Waals surface area contributed by atoms with Gasteiger partial charge in [-0.1, -0.05) is 12.1 Å². The number of carboxylic acids is 1. The monoisotopic (exact) mass is 279 g/mol. The predicted octanol–water partition coefficient (Wildman–Crippen LogP) is 2.78. The van der Waals surface area contributed by atoms with Crippen molar-refractivity contribution in [1.82, 2.24) is 10.2 Å². The number of benzene rings is 1. The fourth-order valence-electron chi connectivity index (χ4n) is 1.42. The zero-order valence-corrected chi connectivity index (χ0v) is 10.7. The van der Waals surface area contributed by atoms with E-state index in [0.717, 1.165) is 0 Å². The normalized spacial score (nSPS) is 10.2. The summed E-state index contributed by atoms with van der Waals surface area (Å²) in [6.07, 6.45) is 1.76. The van der Waals surface area contributed by atoms with Crippen LogP contribution in [0, 0.1) is 5.82 Å². The van der Waals surface area contributed by atoms with Crippen LogP contribution in [-0.2, 0) is 0 Å². The maximum atomic E-state index is 13.5. The zero-order valence-electron chi connectivity index (χ0n) is 9.92. The van der Waals surface area contributed by atoms with Gasteiger partial charge in [0.25, 0.3) is 0 Å². The summed E-state index contributed by atoms with van der Waals surface area (Å²) in [5, 5.41) is 19.8. The Labute approximate surface area is 112 Å². The van der Waals surface area contributed by atoms with Crippen molar-refractivity contribution in [3.63, 3.8) is 0 Å². The quantitative estimate of drug-likeness (QED) is 0.838. The van der Waals surface area contributed by atoms with E-state index in [1.54, 1.807) is 18.4 Å². The number of hydrogen-bond acceptors (Lipinski definition) is 5. The molecule has 0 saturated heterocycles. The molecule has 0 amide bonds. The molecule has 0 aliphatic heterocycles. The van der Waals surface area contributed by atoms with E-state index in [9.17, 15) is 9.18 Å². The number of carboxylic acid groups (broad SMARTS) is 1. The molecule has 0 unspecified atom stereocenters. The first kappa shape index (κ1) is 13.3. The van der Waals surface area contributed by atoms with Gasteiger partial charge in [0.15, 0.2) is 5.82 Å². The van der Waals surface area contributed by atoms with E-state index in [1.807, 2.05) is 0 Å². The maximum Gasteiger partial charge on any atom is 0.339 e. The summed E-state index contributed by atoms with van der Waals surface area (Å²) in [5.41, 5.74) is 0.0961. The molecule has 2 N–H and O–H groups in total. The van der Waals surface area contributed by atoms with Gasteiger partial charge in [-0.2, -0.15) is 0 Å². The van der Waals surface area contributed by atoms with Gasteiger partial charge in [0.05, 0.1) is 5.69 Å². The number of carbonyl (C=O) groups is 1. The number of rotatable bonds is 4. The number of nitrogens with zero attached hydrogens (tertiary/aromatic N) is 2. The van der Waals surface area contributed by atoms with Crippen molar-refractivity contribution in [2.45, 2.75) is 5.03 Å². The number of para-hydroxylation sites is 1. The summed E-state index contributed by atoms with van der Waals surface area (Å²) in [6, 6.07) is 7.33. The SMILES string of the molecule is CSc1cc(C(=O)O)c(Nc2ccccc2F)nn1. The maximum absolute atomic E-state index is 13.5. The molecule has 5 nitrogen and oxygen atoms in total. The third-order valence-electron chi connectivity index (χ3n) is 2.34. The molecule has 7 heteroatoms. The number of hydrogen-bond donors (Lipinski definition) is 2. The van der Waals surface area contributed by atoms with Crippen LogP contribution in [-0.4, -0.2) is 27.5 Å². The predicted molar refractivity (Wildman–Crippen MR) is 70.5 cm³/mol. The average molecular weight is 279 g/mol. The third kappa shape index (κ3) is 3.00. The lowest BCUT2D eigenvalue weighted by Gasteiger charge is -2.09. The molecule has 0 saturated carbocycles. The molecule has 1 aromatic heterocycles. The van der Waals surface area contributed by atoms with E-state index in [4.69, 9.17) is 5.11 Å². The molecule has 2 rings (SSSR count). The lowest BCUT2D eigenvalue weighted by atomic mass is 10.2. The van der Waals surface area contributed by atoms with E-state index in [1.165, 1.54) is 30.0 Å². The van der Waals surface area contributed by atoms with Crippen molar-refractivity contribution in [1.29, 1.82) is 0 Å². The molecule has 19 heavy (non-hydrogen) atoms. The highest BCUT2D eigenvalue weighted by Gasteiger charge is 2.15. The van der Waals surface area contributed by atoms with Gasteiger partial charge < -0.3 is 10.4 Å². The highest BCUT2D eigenvalue weighted by molar-refractivity contribution is 7.98. The Bertz CT molecular complexity index is 622. The summed E-state index contributed by atoms with van der Waals surface area (Å²) >= 11 is 1.28. The van der Waals surface area contributed by atoms with Crippen molar-refractivity contribution in [2.75, 3.05) is 11.6 Å². The Morgan fingerprint density at radius 1 is 1.37 bits per heavy atom. The van der Waals surface area contributed by atoms with Gasteiger partial charge in [-0.25, -0.2) is 9.18 Å². The number of nitrogens with one attached hydrogen (secondary N) is 1. The van der Waals surface area contributed by atoms with Crippen molar-refractivity contribution >= 4 is 29.2 Å². The molecule has 2 aromatic rings. The Kier molecular flexibility index (Phi) is 3.96. The number of anilines is 2. The standard InChI is InChI=1S/C12H10FN3O2S/c1-19-10-6-7(12(17)18)11(16-15-10)14-9-5-3-2-4-8(9)13/h2-6H,1H3,(H,14,16)(H,17,18). The summed E-state index contributed by atoms with van der Waals surface area (Å²) in [4.78, 5) is 11.2. The van der Waals surface area contributed by atoms with Gasteiger partial charge in [-0.05, 0) is 24.5 Å². The van der Waals surface area contributed by atoms with Crippen LogP contribution in [0.3, 0.4) is 0 Å². The lowest BCUT2D eigenvalue weighted by Crippen LogP contribution is -2.07. The molecule has 0 aliphatic carbocycles. The van der Waals surface area contributed by atoms with Crippen molar-refractivity contribution < 1.29 is 14.3 Å². The summed E-state index contributed by atoms with van der Waals surface area (Å²) in [5.74, 6) is -1.63. The number of aromatic carboxylic acids is 1. The van der Waals surface area contributed by atoms with E-state index in [0.29, 0.717) is 5.03 Å². The van der Waals surface area contributed by atoms with Gasteiger partial charge >= 0.3 is 5.97 Å². The minimum absolute atomic E-state index is 0.00963. The first-order valence-electron chi connectivity index (χ1n) is 5.28. The van der Waals surface area contributed by atoms with E-state index in [-0.39, 0.29) is 17.1 Å². The van der Waals surface area contributed by atoms with Gasteiger partial charge in [-0.15, -0.1) is 22.0 Å². The van der Waals surface area contributed by atoms with Crippen LogP contribution < -0.4 is 5.32 Å². The summed E-state index contributed by atoms with van der Waals surface area (Å²) < 4.78 is 13.5. The van der Waals surface area contributed by atoms with Crippen LogP contribution >= 0.6 is 11.8 Å². The Morgan fingerprint density at radius 3 is 2.74 bits per heavy atom. The second-order valence-electron chi connectivity index (χ2n) is 3.56. The van der Waals surface area contributed by atoms with Gasteiger partial charge in [0.2, 0.25) is 0 Å². The molecule has 0 bridgehead atoms. The van der Waals surface area contributed by atoms with Crippen molar-refractivity contribution in [3.05, 3.63) is 41.7 Å². The minimum atomic E-state index is -1.15. The number of halogens is 1. The van der Waals surface area contributed by atoms with Crippen molar-refractivity contribution in [3.8, 4) is 0 Å². The van der Waals surface area contributed by atoms with Gasteiger partial charge in [0.1, 0.15) is 16.4 Å². The minimum Gasteiger partial charge on any atom is -0.478 e. The second-order valence-corrected chi connectivity index (χ2v) is 4.39. The Hall–Kier alpha value is -2.15. The molecule has 0 spiro atoms. The van der Waals surface area contributed by atoms with Crippen LogP contribution in [0.15, 0.2) is 35.4 Å². The molecule has 0 radical (unpaired) electrons. The van der Waals surface area contributed by atoms with Crippen LogP contribution in [0.1, 0.15) is 10.4 Å². The summed E-state index contributed by atoms with van der Waals surface area (Å²) in [7, 11) is 0. The van der Waals surface area contributed by atoms with Crippen LogP contribution in [0.5, 0.6) is 0 Å². The van der Waals surface area contributed by atoms with Crippen LogP contribution in [0.4, 0.5) is 15.9 Å². The van der Waals surface area contributed by atoms with Crippen LogP contribution in [0.2, 0.25) is 0 Å². The largest absolute Gasteiger partial charge is 0.478 e.